The molecule has 2 fully saturated rings. The van der Waals surface area contributed by atoms with E-state index in [0.717, 1.165) is 25.3 Å². The number of nitrogens with zero attached hydrogens (tertiary/aromatic N) is 1. The van der Waals surface area contributed by atoms with Crippen LogP contribution >= 0.6 is 0 Å². The minimum absolute atomic E-state index is 0.100. The molecule has 3 rings (SSSR count). The molecule has 21 heavy (non-hydrogen) atoms. The second-order valence-electron chi connectivity index (χ2n) is 6.50. The van der Waals surface area contributed by atoms with E-state index in [1.807, 2.05) is 12.1 Å². The van der Waals surface area contributed by atoms with Crippen molar-refractivity contribution < 1.29 is 9.13 Å². The molecule has 0 aromatic heterocycles. The highest BCUT2D eigenvalue weighted by molar-refractivity contribution is 5.25. The number of nitrogens with one attached hydrogen (secondary N) is 1. The molecule has 2 aliphatic rings. The molecule has 4 heteroatoms. The van der Waals surface area contributed by atoms with Crippen LogP contribution in [-0.2, 0) is 17.8 Å². The molecule has 116 valence electrons. The van der Waals surface area contributed by atoms with Crippen LogP contribution in [0, 0.1) is 5.82 Å². The predicted molar refractivity (Wildman–Crippen MR) is 81.5 cm³/mol. The van der Waals surface area contributed by atoms with Crippen molar-refractivity contribution in [2.75, 3.05) is 13.2 Å². The lowest BCUT2D eigenvalue weighted by atomic mass is 10.1. The number of rotatable bonds is 5. The number of hydrogen-bond acceptors (Lipinski definition) is 3. The van der Waals surface area contributed by atoms with Crippen molar-refractivity contribution in [2.24, 2.45) is 0 Å². The number of morpholine rings is 1. The van der Waals surface area contributed by atoms with E-state index in [0.29, 0.717) is 18.6 Å². The fraction of sp³-hybridized carbons (Fsp3) is 0.647. The Morgan fingerprint density at radius 3 is 2.90 bits per heavy atom. The average molecular weight is 292 g/mol. The van der Waals surface area contributed by atoms with Crippen LogP contribution in [0.4, 0.5) is 4.39 Å². The molecule has 1 aliphatic carbocycles. The van der Waals surface area contributed by atoms with Crippen LogP contribution in [0.25, 0.3) is 0 Å². The Balaban J connectivity index is 1.66. The molecule has 0 spiro atoms. The van der Waals surface area contributed by atoms with E-state index in [4.69, 9.17) is 4.74 Å². The highest BCUT2D eigenvalue weighted by atomic mass is 19.1. The lowest BCUT2D eigenvalue weighted by Crippen LogP contribution is -2.46. The van der Waals surface area contributed by atoms with E-state index >= 15 is 0 Å². The molecule has 3 nitrogen and oxygen atoms in total. The largest absolute Gasteiger partial charge is 0.376 e. The Labute approximate surface area is 126 Å². The normalized spacial score (nSPS) is 27.0. The Bertz CT molecular complexity index is 490. The third-order valence-corrected chi connectivity index (χ3v) is 4.39. The SMILES string of the molecule is CC1CN(Cc2cc(CNC3CC3)ccc2F)C(C)CO1. The van der Waals surface area contributed by atoms with Gasteiger partial charge >= 0.3 is 0 Å². The topological polar surface area (TPSA) is 24.5 Å². The summed E-state index contributed by atoms with van der Waals surface area (Å²) >= 11 is 0. The zero-order chi connectivity index (χ0) is 14.8. The summed E-state index contributed by atoms with van der Waals surface area (Å²) in [6, 6.07) is 6.53. The highest BCUT2D eigenvalue weighted by Crippen LogP contribution is 2.21. The van der Waals surface area contributed by atoms with Crippen molar-refractivity contribution in [3.8, 4) is 0 Å². The van der Waals surface area contributed by atoms with Crippen LogP contribution in [0.2, 0.25) is 0 Å². The number of hydrogen-bond donors (Lipinski definition) is 1. The molecule has 1 N–H and O–H groups in total. The predicted octanol–water partition coefficient (Wildman–Crippen LogP) is 2.69. The maximum absolute atomic E-state index is 14.1. The van der Waals surface area contributed by atoms with E-state index in [9.17, 15) is 4.39 Å². The van der Waals surface area contributed by atoms with Gasteiger partial charge in [0, 0.05) is 37.3 Å². The Morgan fingerprint density at radius 1 is 1.33 bits per heavy atom. The van der Waals surface area contributed by atoms with Crippen molar-refractivity contribution in [1.82, 2.24) is 10.2 Å². The fourth-order valence-electron chi connectivity index (χ4n) is 2.82. The first-order valence-corrected chi connectivity index (χ1v) is 7.98. The highest BCUT2D eigenvalue weighted by Gasteiger charge is 2.24. The van der Waals surface area contributed by atoms with Crippen LogP contribution in [-0.4, -0.2) is 36.2 Å². The van der Waals surface area contributed by atoms with Crippen molar-refractivity contribution in [2.45, 2.75) is 58.0 Å². The van der Waals surface area contributed by atoms with Gasteiger partial charge in [0.05, 0.1) is 12.7 Å². The van der Waals surface area contributed by atoms with E-state index < -0.39 is 0 Å². The van der Waals surface area contributed by atoms with Crippen molar-refractivity contribution in [1.29, 1.82) is 0 Å². The molecule has 1 aromatic carbocycles. The van der Waals surface area contributed by atoms with Gasteiger partial charge in [0.15, 0.2) is 0 Å². The van der Waals surface area contributed by atoms with Gasteiger partial charge in [-0.1, -0.05) is 12.1 Å². The van der Waals surface area contributed by atoms with Gasteiger partial charge < -0.3 is 10.1 Å². The summed E-state index contributed by atoms with van der Waals surface area (Å²) in [6.45, 7) is 7.31. The summed E-state index contributed by atoms with van der Waals surface area (Å²) in [5.41, 5.74) is 1.97. The van der Waals surface area contributed by atoms with Gasteiger partial charge in [-0.2, -0.15) is 0 Å². The molecule has 1 aliphatic heterocycles. The first kappa shape index (κ1) is 14.9. The fourth-order valence-corrected chi connectivity index (χ4v) is 2.82. The van der Waals surface area contributed by atoms with Gasteiger partial charge in [0.25, 0.3) is 0 Å². The van der Waals surface area contributed by atoms with Crippen LogP contribution in [0.5, 0.6) is 0 Å². The average Bonchev–Trinajstić information content (AvgIpc) is 3.28. The zero-order valence-corrected chi connectivity index (χ0v) is 12.9. The standard InChI is InChI=1S/C17H25FN2O/c1-12-11-21-13(2)9-20(12)10-15-7-14(3-6-17(15)18)8-19-16-4-5-16/h3,6-7,12-13,16,19H,4-5,8-11H2,1-2H3. The van der Waals surface area contributed by atoms with E-state index in [1.165, 1.54) is 18.4 Å². The monoisotopic (exact) mass is 292 g/mol. The molecular formula is C17H25FN2O. The van der Waals surface area contributed by atoms with Crippen molar-refractivity contribution in [3.63, 3.8) is 0 Å². The van der Waals surface area contributed by atoms with E-state index in [1.54, 1.807) is 6.07 Å². The Hall–Kier alpha value is -0.970. The minimum atomic E-state index is -0.100. The molecular weight excluding hydrogens is 267 g/mol. The quantitative estimate of drug-likeness (QED) is 0.903. The summed E-state index contributed by atoms with van der Waals surface area (Å²) in [6.07, 6.45) is 2.78. The Morgan fingerprint density at radius 2 is 2.14 bits per heavy atom. The zero-order valence-electron chi connectivity index (χ0n) is 12.9. The molecule has 1 saturated carbocycles. The van der Waals surface area contributed by atoms with Gasteiger partial charge in [-0.15, -0.1) is 0 Å². The summed E-state index contributed by atoms with van der Waals surface area (Å²) in [5, 5.41) is 3.48. The summed E-state index contributed by atoms with van der Waals surface area (Å²) in [5.74, 6) is -0.100. The smallest absolute Gasteiger partial charge is 0.127 e. The molecule has 0 radical (unpaired) electrons. The van der Waals surface area contributed by atoms with Gasteiger partial charge in [-0.25, -0.2) is 4.39 Å². The molecule has 2 unspecified atom stereocenters. The molecule has 1 saturated heterocycles. The maximum Gasteiger partial charge on any atom is 0.127 e. The third kappa shape index (κ3) is 4.02. The summed E-state index contributed by atoms with van der Waals surface area (Å²) in [7, 11) is 0. The second kappa shape index (κ2) is 6.42. The summed E-state index contributed by atoms with van der Waals surface area (Å²) in [4.78, 5) is 2.31. The molecule has 0 bridgehead atoms. The van der Waals surface area contributed by atoms with Crippen molar-refractivity contribution >= 4 is 0 Å². The summed E-state index contributed by atoms with van der Waals surface area (Å²) < 4.78 is 19.7. The number of halogens is 1. The van der Waals surface area contributed by atoms with Gasteiger partial charge in [0.2, 0.25) is 0 Å². The van der Waals surface area contributed by atoms with E-state index in [2.05, 4.69) is 24.1 Å². The lowest BCUT2D eigenvalue weighted by molar-refractivity contribution is -0.0529. The molecule has 0 amide bonds. The second-order valence-corrected chi connectivity index (χ2v) is 6.50. The third-order valence-electron chi connectivity index (χ3n) is 4.39. The lowest BCUT2D eigenvalue weighted by Gasteiger charge is -2.36. The molecule has 2 atom stereocenters. The molecule has 1 heterocycles. The minimum Gasteiger partial charge on any atom is -0.376 e. The van der Waals surface area contributed by atoms with Gasteiger partial charge in [-0.3, -0.25) is 4.90 Å². The van der Waals surface area contributed by atoms with Crippen molar-refractivity contribution in [3.05, 3.63) is 35.1 Å². The Kier molecular flexibility index (Phi) is 4.57. The maximum atomic E-state index is 14.1. The van der Waals surface area contributed by atoms with Crippen LogP contribution in [0.15, 0.2) is 18.2 Å². The van der Waals surface area contributed by atoms with E-state index in [-0.39, 0.29) is 11.9 Å². The first-order valence-electron chi connectivity index (χ1n) is 7.98. The molecule has 1 aromatic rings. The number of ether oxygens (including phenoxy) is 1. The van der Waals surface area contributed by atoms with Crippen LogP contribution < -0.4 is 5.32 Å². The van der Waals surface area contributed by atoms with Gasteiger partial charge in [0.1, 0.15) is 5.82 Å². The number of benzene rings is 1. The first-order chi connectivity index (χ1) is 10.1. The van der Waals surface area contributed by atoms with Crippen LogP contribution in [0.3, 0.4) is 0 Å². The van der Waals surface area contributed by atoms with Gasteiger partial charge in [-0.05, 0) is 38.3 Å². The van der Waals surface area contributed by atoms with Crippen LogP contribution in [0.1, 0.15) is 37.8 Å².